The zero-order valence-electron chi connectivity index (χ0n) is 50.9. The van der Waals surface area contributed by atoms with E-state index in [-0.39, 0.29) is 31.4 Å². The van der Waals surface area contributed by atoms with Crippen LogP contribution in [0.2, 0.25) is 0 Å². The Labute approximate surface area is 550 Å². The van der Waals surface area contributed by atoms with Crippen molar-refractivity contribution in [1.82, 2.24) is 15.2 Å². The van der Waals surface area contributed by atoms with Crippen molar-refractivity contribution < 1.29 is 47.5 Å². The molecule has 7 N–H and O–H groups in total. The Balaban J connectivity index is 0.000000380. The molecule has 10 rings (SSSR count). The summed E-state index contributed by atoms with van der Waals surface area (Å²) in [5.41, 5.74) is 26.6. The first kappa shape index (κ1) is 75.7. The number of hydrazine groups is 2. The van der Waals surface area contributed by atoms with Crippen LogP contribution in [0.4, 0.5) is 22.7 Å². The topological polar surface area (TPSA) is 167 Å². The SMILES string of the molecule is C.C#CC#CC.CCOC(OCC)OCC.Cc1ccccc1-n1c[n+](-c2ccccc2)c(-c2ccccc2)n1.Cc1ccccc1NN.Cc1ccccc1NNC(=Nc1ccccc1)c1ccccc1.Nc1ccccc1.O=C(Cl)c1ccccc1.[I-]. The van der Waals surface area contributed by atoms with Crippen molar-refractivity contribution in [2.24, 2.45) is 10.8 Å². The van der Waals surface area contributed by atoms with Crippen molar-refractivity contribution in [3.05, 3.63) is 289 Å². The standard InChI is InChI=1S/C21H18N3.C20H19N3.C7H5ClO.C7H10N2.C7H16O3.C6H7N.C5H4.CH4.HI/c1-17-10-8-9-15-20(17)24-16-23(19-13-6-3-7-14-19)21(22-24)18-11-4-2-5-12-18;1-16-10-8-9-15-19(16)22-23-20(17-11-4-2-5-12-17)21-18-13-6-3-7-14-18;8-7(9)6-4-2-1-3-5-6;1-6-4-2-3-5-7(6)9-8;1-4-8-7(9-5-2)10-6-3;7-6-4-2-1-3-5-6;1-3-5-4-2;;/h2-16H,1H3;2-15,22H,1H3,(H,21,23);1-5H;2-5,9H,8H2,1H3;7H,4-6H2,1-3H3;1-5H,7H2;1H,2H3;1H4;1H/q+1;;;;;;;;/p-1. The van der Waals surface area contributed by atoms with Crippen molar-refractivity contribution in [2.75, 3.05) is 36.4 Å². The molecule has 0 saturated carbocycles. The van der Waals surface area contributed by atoms with E-state index in [9.17, 15) is 4.79 Å². The Morgan fingerprint density at radius 3 is 1.44 bits per heavy atom. The van der Waals surface area contributed by atoms with Crippen molar-refractivity contribution in [2.45, 2.75) is 62.4 Å². The van der Waals surface area contributed by atoms with Crippen molar-refractivity contribution in [1.29, 1.82) is 0 Å². The molecular formula is C74H83ClIN9O4. The lowest BCUT2D eigenvalue weighted by molar-refractivity contribution is -0.584. The maximum absolute atomic E-state index is 10.4. The Kier molecular flexibility index (Phi) is 39.0. The van der Waals surface area contributed by atoms with Gasteiger partial charge in [-0.15, -0.1) is 6.42 Å². The third-order valence-electron chi connectivity index (χ3n) is 11.8. The number of halogens is 2. The molecule has 0 saturated heterocycles. The van der Waals surface area contributed by atoms with E-state index in [2.05, 4.69) is 94.9 Å². The lowest BCUT2D eigenvalue weighted by atomic mass is 10.2. The minimum atomic E-state index is -0.472. The minimum Gasteiger partial charge on any atom is -1.00 e. The molecule has 0 bridgehead atoms. The van der Waals surface area contributed by atoms with Gasteiger partial charge in [0.05, 0.1) is 27.7 Å². The third kappa shape index (κ3) is 29.3. The maximum atomic E-state index is 10.4. The summed E-state index contributed by atoms with van der Waals surface area (Å²) in [4.78, 5) is 15.1. The molecule has 0 aliphatic heterocycles. The molecule has 89 heavy (non-hydrogen) atoms. The van der Waals surface area contributed by atoms with Crippen LogP contribution < -0.4 is 56.4 Å². The number of hydrogen-bond acceptors (Lipinski definition) is 10. The molecule has 0 amide bonds. The summed E-state index contributed by atoms with van der Waals surface area (Å²) in [5.74, 6) is 14.0. The Hall–Kier alpha value is -9.36. The summed E-state index contributed by atoms with van der Waals surface area (Å²) >= 11 is 5.16. The minimum absolute atomic E-state index is 0. The van der Waals surface area contributed by atoms with Gasteiger partial charge in [0.15, 0.2) is 5.84 Å². The fraction of sp³-hybridized carbons (Fsp3) is 0.162. The molecule has 1 heterocycles. The number of amidine groups is 1. The molecule has 15 heteroatoms. The number of nitrogens with one attached hydrogen (secondary N) is 3. The van der Waals surface area contributed by atoms with Crippen molar-refractivity contribution >= 4 is 45.4 Å². The molecule has 13 nitrogen and oxygen atoms in total. The highest BCUT2D eigenvalue weighted by Gasteiger charge is 2.22. The molecule has 10 aromatic rings. The average molecular weight is 1320 g/mol. The van der Waals surface area contributed by atoms with Crippen LogP contribution in [0.5, 0.6) is 0 Å². The van der Waals surface area contributed by atoms with Crippen LogP contribution in [-0.2, 0) is 14.2 Å². The van der Waals surface area contributed by atoms with Crippen LogP contribution in [0.15, 0.2) is 266 Å². The molecule has 0 unspecified atom stereocenters. The fourth-order valence-electron chi connectivity index (χ4n) is 7.45. The van der Waals surface area contributed by atoms with E-state index in [4.69, 9.17) is 53.9 Å². The highest BCUT2D eigenvalue weighted by Crippen LogP contribution is 2.19. The van der Waals surface area contributed by atoms with E-state index < -0.39 is 11.7 Å². The molecule has 0 spiro atoms. The molecule has 0 aliphatic rings. The van der Waals surface area contributed by atoms with Crippen molar-refractivity contribution in [3.63, 3.8) is 0 Å². The predicted molar refractivity (Wildman–Crippen MR) is 366 cm³/mol. The summed E-state index contributed by atoms with van der Waals surface area (Å²) in [6.45, 7) is 15.0. The second-order valence-corrected chi connectivity index (χ2v) is 18.5. The number of aliphatic imine (C=N–C) groups is 1. The Morgan fingerprint density at radius 1 is 0.607 bits per heavy atom. The zero-order valence-corrected chi connectivity index (χ0v) is 53.8. The normalized spacial score (nSPS) is 9.65. The van der Waals surface area contributed by atoms with Crippen LogP contribution in [0.3, 0.4) is 0 Å². The van der Waals surface area contributed by atoms with Gasteiger partial charge in [-0.05, 0) is 155 Å². The second-order valence-electron chi connectivity index (χ2n) is 18.2. The number of hydrogen-bond donors (Lipinski definition) is 5. The third-order valence-corrected chi connectivity index (χ3v) is 12.0. The first-order chi connectivity index (χ1) is 42.5. The first-order valence-corrected chi connectivity index (χ1v) is 28.6. The molecule has 462 valence electrons. The molecule has 9 aromatic carbocycles. The number of ether oxygens (including phenoxy) is 3. The number of para-hydroxylation sites is 6. The highest BCUT2D eigenvalue weighted by atomic mass is 127. The van der Waals surface area contributed by atoms with Crippen molar-refractivity contribution in [3.8, 4) is 46.9 Å². The fourth-order valence-corrected chi connectivity index (χ4v) is 7.58. The zero-order chi connectivity index (χ0) is 62.7. The summed E-state index contributed by atoms with van der Waals surface area (Å²) in [5, 5.41) is 4.46. The highest BCUT2D eigenvalue weighted by molar-refractivity contribution is 6.67. The van der Waals surface area contributed by atoms with Gasteiger partial charge in [-0.2, -0.15) is 4.57 Å². The quantitative estimate of drug-likeness (QED) is 0.00637. The number of aryl methyl sites for hydroxylation is 3. The van der Waals surface area contributed by atoms with Crippen LogP contribution in [0.25, 0.3) is 22.8 Å². The van der Waals surface area contributed by atoms with E-state index in [0.717, 1.165) is 56.9 Å². The number of terminal acetylenes is 1. The number of carbonyl (C=O) groups excluding carboxylic acids is 1. The first-order valence-electron chi connectivity index (χ1n) is 28.2. The number of anilines is 3. The number of nitrogen functional groups attached to an aromatic ring is 2. The summed E-state index contributed by atoms with van der Waals surface area (Å²) in [6.07, 6.45) is 6.76. The summed E-state index contributed by atoms with van der Waals surface area (Å²) in [6, 6.07) is 83.1. The Morgan fingerprint density at radius 2 is 1.03 bits per heavy atom. The molecule has 0 radical (unpaired) electrons. The van der Waals surface area contributed by atoms with Crippen LogP contribution in [0, 0.1) is 45.0 Å². The van der Waals surface area contributed by atoms with E-state index in [0.29, 0.717) is 25.4 Å². The van der Waals surface area contributed by atoms with Gasteiger partial charge in [0, 0.05) is 36.6 Å². The maximum Gasteiger partial charge on any atom is 0.314 e. The van der Waals surface area contributed by atoms with E-state index in [1.54, 1.807) is 31.2 Å². The average Bonchev–Trinajstić information content (AvgIpc) is 1.84. The van der Waals surface area contributed by atoms with Gasteiger partial charge in [-0.1, -0.05) is 206 Å². The van der Waals surface area contributed by atoms with Gasteiger partial charge in [-0.25, -0.2) is 4.99 Å². The van der Waals surface area contributed by atoms with Gasteiger partial charge >= 0.3 is 5.82 Å². The van der Waals surface area contributed by atoms with Crippen LogP contribution in [-0.4, -0.2) is 47.2 Å². The van der Waals surface area contributed by atoms with E-state index >= 15 is 0 Å². The smallest absolute Gasteiger partial charge is 0.314 e. The molecule has 0 atom stereocenters. The number of benzene rings is 9. The largest absolute Gasteiger partial charge is 1.00 e. The van der Waals surface area contributed by atoms with Crippen LogP contribution in [0.1, 0.15) is 67.7 Å². The predicted octanol–water partition coefficient (Wildman–Crippen LogP) is 13.1. The van der Waals surface area contributed by atoms with Gasteiger partial charge < -0.3 is 49.3 Å². The van der Waals surface area contributed by atoms with Gasteiger partial charge in [0.25, 0.3) is 11.7 Å². The number of rotatable bonds is 15. The second kappa shape index (κ2) is 45.9. The number of nitrogens with two attached hydrogens (primary N) is 2. The number of aromatic nitrogens is 3. The molecular weight excluding hydrogens is 1240 g/mol. The monoisotopic (exact) mass is 1320 g/mol. The lowest BCUT2D eigenvalue weighted by Crippen LogP contribution is -3.00. The molecule has 1 aromatic heterocycles. The van der Waals surface area contributed by atoms with E-state index in [1.807, 2.05) is 227 Å². The van der Waals surface area contributed by atoms with Crippen LogP contribution >= 0.6 is 11.6 Å². The summed E-state index contributed by atoms with van der Waals surface area (Å²) in [7, 11) is 0. The molecule has 0 aliphatic carbocycles. The number of nitrogens with zero attached hydrogens (tertiary/aromatic N) is 4. The van der Waals surface area contributed by atoms with Gasteiger partial charge in [0.2, 0.25) is 6.33 Å². The summed E-state index contributed by atoms with van der Waals surface area (Å²) < 4.78 is 19.3. The van der Waals surface area contributed by atoms with Gasteiger partial charge in [0.1, 0.15) is 11.4 Å². The van der Waals surface area contributed by atoms with E-state index in [1.165, 1.54) is 16.7 Å². The lowest BCUT2D eigenvalue weighted by Gasteiger charge is -2.15. The molecule has 0 fully saturated rings. The Bertz CT molecular complexity index is 3550. The van der Waals surface area contributed by atoms with Gasteiger partial charge in [-0.3, -0.25) is 21.5 Å². The number of carbonyl (C=O) groups is 1.